The van der Waals surface area contributed by atoms with Gasteiger partial charge in [0.05, 0.1) is 13.2 Å². The minimum absolute atomic E-state index is 0.0238. The number of rotatable bonds is 8. The Morgan fingerprint density at radius 3 is 2.64 bits per heavy atom. The molecule has 0 unspecified atom stereocenters. The SMILES string of the molecule is CCN(CCCl)C(=O)COCCOC. The van der Waals surface area contributed by atoms with Gasteiger partial charge < -0.3 is 14.4 Å². The van der Waals surface area contributed by atoms with E-state index in [1.807, 2.05) is 6.92 Å². The summed E-state index contributed by atoms with van der Waals surface area (Å²) in [5, 5.41) is 0. The number of carbonyl (C=O) groups excluding carboxylic acids is 1. The van der Waals surface area contributed by atoms with Gasteiger partial charge in [-0.25, -0.2) is 0 Å². The second-order valence-electron chi connectivity index (χ2n) is 2.71. The molecule has 0 heterocycles. The molecule has 0 aliphatic carbocycles. The molecule has 0 aromatic rings. The topological polar surface area (TPSA) is 38.8 Å². The zero-order chi connectivity index (χ0) is 10.8. The molecule has 0 rings (SSSR count). The van der Waals surface area contributed by atoms with E-state index in [1.54, 1.807) is 12.0 Å². The maximum atomic E-state index is 11.4. The van der Waals surface area contributed by atoms with Crippen LogP contribution in [0.4, 0.5) is 0 Å². The van der Waals surface area contributed by atoms with Gasteiger partial charge in [0.15, 0.2) is 0 Å². The summed E-state index contributed by atoms with van der Waals surface area (Å²) < 4.78 is 9.89. The quantitative estimate of drug-likeness (QED) is 0.450. The van der Waals surface area contributed by atoms with Crippen LogP contribution in [0.5, 0.6) is 0 Å². The molecule has 0 saturated carbocycles. The van der Waals surface area contributed by atoms with Crippen LogP contribution in [0.15, 0.2) is 0 Å². The number of halogens is 1. The van der Waals surface area contributed by atoms with Crippen molar-refractivity contribution in [2.24, 2.45) is 0 Å². The highest BCUT2D eigenvalue weighted by molar-refractivity contribution is 6.18. The predicted octanol–water partition coefficient (Wildman–Crippen LogP) is 0.737. The number of alkyl halides is 1. The number of methoxy groups -OCH3 is 1. The molecule has 0 N–H and O–H groups in total. The lowest BCUT2D eigenvalue weighted by Gasteiger charge is -2.19. The van der Waals surface area contributed by atoms with Crippen LogP contribution in [0, 0.1) is 0 Å². The van der Waals surface area contributed by atoms with E-state index in [0.717, 1.165) is 0 Å². The Labute approximate surface area is 90.1 Å². The average molecular weight is 224 g/mol. The van der Waals surface area contributed by atoms with Gasteiger partial charge in [0.25, 0.3) is 0 Å². The third kappa shape index (κ3) is 6.18. The Balaban J connectivity index is 3.58. The number of nitrogens with zero attached hydrogens (tertiary/aromatic N) is 1. The highest BCUT2D eigenvalue weighted by Crippen LogP contribution is 1.92. The van der Waals surface area contributed by atoms with E-state index >= 15 is 0 Å². The Kier molecular flexibility index (Phi) is 9.03. The smallest absolute Gasteiger partial charge is 0.248 e. The molecule has 0 bridgehead atoms. The van der Waals surface area contributed by atoms with Crippen LogP contribution in [-0.2, 0) is 14.3 Å². The third-order valence-corrected chi connectivity index (χ3v) is 1.92. The molecular formula is C9H18ClNO3. The Hall–Kier alpha value is -0.320. The molecule has 5 heteroatoms. The first-order valence-corrected chi connectivity index (χ1v) is 5.20. The number of ether oxygens (including phenoxy) is 2. The van der Waals surface area contributed by atoms with Gasteiger partial charge in [0.1, 0.15) is 6.61 Å². The molecule has 0 saturated heterocycles. The number of hydrogen-bond donors (Lipinski definition) is 0. The maximum absolute atomic E-state index is 11.4. The van der Waals surface area contributed by atoms with Crippen molar-refractivity contribution in [2.75, 3.05) is 45.9 Å². The Morgan fingerprint density at radius 2 is 2.14 bits per heavy atom. The number of likely N-dealkylation sites (N-methyl/N-ethyl adjacent to an activating group) is 1. The van der Waals surface area contributed by atoms with Gasteiger partial charge in [-0.15, -0.1) is 11.6 Å². The molecule has 0 fully saturated rings. The zero-order valence-electron chi connectivity index (χ0n) is 8.79. The fraction of sp³-hybridized carbons (Fsp3) is 0.889. The average Bonchev–Trinajstić information content (AvgIpc) is 2.20. The van der Waals surface area contributed by atoms with E-state index in [2.05, 4.69) is 0 Å². The highest BCUT2D eigenvalue weighted by atomic mass is 35.5. The third-order valence-electron chi connectivity index (χ3n) is 1.75. The largest absolute Gasteiger partial charge is 0.382 e. The normalized spacial score (nSPS) is 10.2. The maximum Gasteiger partial charge on any atom is 0.248 e. The van der Waals surface area contributed by atoms with Crippen molar-refractivity contribution in [1.82, 2.24) is 4.90 Å². The van der Waals surface area contributed by atoms with E-state index in [4.69, 9.17) is 21.1 Å². The summed E-state index contributed by atoms with van der Waals surface area (Å²) in [6, 6.07) is 0. The van der Waals surface area contributed by atoms with Crippen molar-refractivity contribution >= 4 is 17.5 Å². The molecule has 14 heavy (non-hydrogen) atoms. The number of amides is 1. The molecule has 0 aliphatic heterocycles. The summed E-state index contributed by atoms with van der Waals surface area (Å²) in [4.78, 5) is 13.1. The molecule has 0 spiro atoms. The van der Waals surface area contributed by atoms with Crippen molar-refractivity contribution in [3.05, 3.63) is 0 Å². The first-order valence-electron chi connectivity index (χ1n) is 4.66. The van der Waals surface area contributed by atoms with E-state index < -0.39 is 0 Å². The van der Waals surface area contributed by atoms with E-state index in [-0.39, 0.29) is 12.5 Å². The summed E-state index contributed by atoms with van der Waals surface area (Å²) >= 11 is 5.55. The molecule has 4 nitrogen and oxygen atoms in total. The van der Waals surface area contributed by atoms with Crippen molar-refractivity contribution in [1.29, 1.82) is 0 Å². The van der Waals surface area contributed by atoms with Crippen molar-refractivity contribution in [3.8, 4) is 0 Å². The van der Waals surface area contributed by atoms with E-state index in [9.17, 15) is 4.79 Å². The van der Waals surface area contributed by atoms with Gasteiger partial charge in [-0.3, -0.25) is 4.79 Å². The molecular weight excluding hydrogens is 206 g/mol. The molecule has 0 atom stereocenters. The first-order chi connectivity index (χ1) is 6.76. The van der Waals surface area contributed by atoms with Gasteiger partial charge in [-0.2, -0.15) is 0 Å². The summed E-state index contributed by atoms with van der Waals surface area (Å²) in [7, 11) is 1.59. The summed E-state index contributed by atoms with van der Waals surface area (Å²) in [5.41, 5.74) is 0. The number of carbonyl (C=O) groups is 1. The Bertz CT molecular complexity index is 155. The van der Waals surface area contributed by atoms with Gasteiger partial charge in [0, 0.05) is 26.1 Å². The lowest BCUT2D eigenvalue weighted by molar-refractivity contribution is -0.136. The standard InChI is InChI=1S/C9H18ClNO3/c1-3-11(5-4-10)9(12)8-14-7-6-13-2/h3-8H2,1-2H3. The minimum atomic E-state index is -0.0238. The summed E-state index contributed by atoms with van der Waals surface area (Å²) in [6.45, 7) is 4.22. The molecule has 1 amide bonds. The minimum Gasteiger partial charge on any atom is -0.382 e. The van der Waals surface area contributed by atoms with Crippen LogP contribution < -0.4 is 0 Å². The van der Waals surface area contributed by atoms with E-state index in [1.165, 1.54) is 0 Å². The monoisotopic (exact) mass is 223 g/mol. The number of hydrogen-bond acceptors (Lipinski definition) is 3. The molecule has 0 aromatic heterocycles. The summed E-state index contributed by atoms with van der Waals surface area (Å²) in [6.07, 6.45) is 0. The van der Waals surface area contributed by atoms with Crippen LogP contribution in [0.3, 0.4) is 0 Å². The Morgan fingerprint density at radius 1 is 1.43 bits per heavy atom. The van der Waals surface area contributed by atoms with Gasteiger partial charge in [-0.05, 0) is 6.92 Å². The fourth-order valence-corrected chi connectivity index (χ4v) is 1.16. The van der Waals surface area contributed by atoms with Gasteiger partial charge >= 0.3 is 0 Å². The lowest BCUT2D eigenvalue weighted by atomic mass is 10.4. The second kappa shape index (κ2) is 9.24. The van der Waals surface area contributed by atoms with Gasteiger partial charge in [0.2, 0.25) is 5.91 Å². The summed E-state index contributed by atoms with van der Waals surface area (Å²) in [5.74, 6) is 0.432. The van der Waals surface area contributed by atoms with Crippen LogP contribution in [0.25, 0.3) is 0 Å². The van der Waals surface area contributed by atoms with Crippen molar-refractivity contribution in [3.63, 3.8) is 0 Å². The van der Waals surface area contributed by atoms with Crippen LogP contribution in [0.2, 0.25) is 0 Å². The second-order valence-corrected chi connectivity index (χ2v) is 3.09. The molecule has 0 aliphatic rings. The predicted molar refractivity (Wildman–Crippen MR) is 55.7 cm³/mol. The van der Waals surface area contributed by atoms with Gasteiger partial charge in [-0.1, -0.05) is 0 Å². The van der Waals surface area contributed by atoms with E-state index in [0.29, 0.717) is 32.2 Å². The highest BCUT2D eigenvalue weighted by Gasteiger charge is 2.10. The molecule has 0 radical (unpaired) electrons. The zero-order valence-corrected chi connectivity index (χ0v) is 9.55. The fourth-order valence-electron chi connectivity index (χ4n) is 0.954. The lowest BCUT2D eigenvalue weighted by Crippen LogP contribution is -2.35. The first kappa shape index (κ1) is 13.7. The van der Waals surface area contributed by atoms with Crippen LogP contribution in [-0.4, -0.2) is 56.7 Å². The molecule has 84 valence electrons. The molecule has 0 aromatic carbocycles. The van der Waals surface area contributed by atoms with Crippen LogP contribution >= 0.6 is 11.6 Å². The van der Waals surface area contributed by atoms with Crippen molar-refractivity contribution in [2.45, 2.75) is 6.92 Å². The van der Waals surface area contributed by atoms with Crippen LogP contribution in [0.1, 0.15) is 6.92 Å². The van der Waals surface area contributed by atoms with Crippen molar-refractivity contribution < 1.29 is 14.3 Å².